The van der Waals surface area contributed by atoms with Crippen molar-refractivity contribution in [2.24, 2.45) is 5.92 Å². The highest BCUT2D eigenvalue weighted by molar-refractivity contribution is 5.97. The topological polar surface area (TPSA) is 52.6 Å². The Balaban J connectivity index is 4.01. The van der Waals surface area contributed by atoms with Crippen LogP contribution in [-0.2, 0) is 19.1 Å². The average Bonchev–Trinajstić information content (AvgIpc) is 2.12. The van der Waals surface area contributed by atoms with E-state index in [2.05, 4.69) is 0 Å². The van der Waals surface area contributed by atoms with Crippen molar-refractivity contribution in [3.8, 4) is 0 Å². The molecule has 0 N–H and O–H groups in total. The monoisotopic (exact) mass is 202 g/mol. The van der Waals surface area contributed by atoms with Crippen molar-refractivity contribution >= 4 is 11.8 Å². The first-order valence-corrected chi connectivity index (χ1v) is 4.88. The van der Waals surface area contributed by atoms with Gasteiger partial charge in [-0.1, -0.05) is 0 Å². The van der Waals surface area contributed by atoms with Crippen LogP contribution in [0.1, 0.15) is 27.2 Å². The van der Waals surface area contributed by atoms with E-state index in [1.807, 2.05) is 6.92 Å². The van der Waals surface area contributed by atoms with E-state index in [0.29, 0.717) is 26.2 Å². The fraction of sp³-hybridized carbons (Fsp3) is 0.800. The molecule has 0 rings (SSSR count). The lowest BCUT2D eigenvalue weighted by Gasteiger charge is -2.11. The van der Waals surface area contributed by atoms with Crippen LogP contribution in [0.3, 0.4) is 0 Å². The minimum atomic E-state index is -0.665. The van der Waals surface area contributed by atoms with Gasteiger partial charge in [0.05, 0.1) is 6.61 Å². The lowest BCUT2D eigenvalue weighted by molar-refractivity contribution is -0.151. The predicted octanol–water partition coefficient (Wildman–Crippen LogP) is 1.18. The third kappa shape index (κ3) is 4.97. The van der Waals surface area contributed by atoms with Gasteiger partial charge in [0, 0.05) is 13.2 Å². The largest absolute Gasteiger partial charge is 0.465 e. The zero-order valence-electron chi connectivity index (χ0n) is 9.04. The van der Waals surface area contributed by atoms with Crippen LogP contribution in [0.15, 0.2) is 0 Å². The molecule has 1 unspecified atom stereocenters. The maximum atomic E-state index is 11.3. The highest BCUT2D eigenvalue weighted by Gasteiger charge is 2.23. The number of carbonyl (C=O) groups excluding carboxylic acids is 2. The first-order chi connectivity index (χ1) is 6.63. The summed E-state index contributed by atoms with van der Waals surface area (Å²) in [5.74, 6) is -1.27. The Bertz CT molecular complexity index is 189. The van der Waals surface area contributed by atoms with E-state index in [-0.39, 0.29) is 5.78 Å². The van der Waals surface area contributed by atoms with Crippen molar-refractivity contribution in [1.82, 2.24) is 0 Å². The summed E-state index contributed by atoms with van der Waals surface area (Å²) in [7, 11) is 0. The molecule has 0 aliphatic carbocycles. The third-order valence-electron chi connectivity index (χ3n) is 1.82. The van der Waals surface area contributed by atoms with Gasteiger partial charge in [0.1, 0.15) is 11.7 Å². The van der Waals surface area contributed by atoms with Crippen LogP contribution >= 0.6 is 0 Å². The summed E-state index contributed by atoms with van der Waals surface area (Å²) in [5, 5.41) is 0. The van der Waals surface area contributed by atoms with Gasteiger partial charge in [-0.2, -0.15) is 0 Å². The molecule has 0 aliphatic heterocycles. The average molecular weight is 202 g/mol. The molecule has 4 heteroatoms. The van der Waals surface area contributed by atoms with E-state index in [4.69, 9.17) is 9.47 Å². The summed E-state index contributed by atoms with van der Waals surface area (Å²) in [5.41, 5.74) is 0. The number of hydrogen-bond acceptors (Lipinski definition) is 4. The summed E-state index contributed by atoms with van der Waals surface area (Å²) in [6.45, 7) is 6.29. The molecule has 0 aromatic heterocycles. The van der Waals surface area contributed by atoms with Crippen molar-refractivity contribution in [2.45, 2.75) is 27.2 Å². The summed E-state index contributed by atoms with van der Waals surface area (Å²) >= 11 is 0. The van der Waals surface area contributed by atoms with Gasteiger partial charge < -0.3 is 9.47 Å². The van der Waals surface area contributed by atoms with E-state index in [1.54, 1.807) is 6.92 Å². The smallest absolute Gasteiger partial charge is 0.316 e. The van der Waals surface area contributed by atoms with E-state index >= 15 is 0 Å². The highest BCUT2D eigenvalue weighted by atomic mass is 16.5. The van der Waals surface area contributed by atoms with Gasteiger partial charge in [0.25, 0.3) is 0 Å². The van der Waals surface area contributed by atoms with Crippen LogP contribution in [0.4, 0.5) is 0 Å². The summed E-state index contributed by atoms with van der Waals surface area (Å²) in [4.78, 5) is 22.4. The number of hydrogen-bond donors (Lipinski definition) is 0. The second-order valence-corrected chi connectivity index (χ2v) is 2.90. The van der Waals surface area contributed by atoms with Crippen molar-refractivity contribution in [1.29, 1.82) is 0 Å². The van der Waals surface area contributed by atoms with Gasteiger partial charge in [-0.15, -0.1) is 0 Å². The molecule has 82 valence electrons. The molecule has 0 fully saturated rings. The van der Waals surface area contributed by atoms with Crippen molar-refractivity contribution in [3.63, 3.8) is 0 Å². The minimum absolute atomic E-state index is 0.164. The lowest BCUT2D eigenvalue weighted by Crippen LogP contribution is -2.25. The molecule has 0 spiro atoms. The van der Waals surface area contributed by atoms with Crippen molar-refractivity contribution < 1.29 is 19.1 Å². The lowest BCUT2D eigenvalue weighted by atomic mass is 10.0. The molecule has 0 saturated carbocycles. The zero-order chi connectivity index (χ0) is 11.0. The summed E-state index contributed by atoms with van der Waals surface area (Å²) in [6.07, 6.45) is 0.405. The molecule has 0 aliphatic rings. The molecule has 1 atom stereocenters. The van der Waals surface area contributed by atoms with E-state index in [9.17, 15) is 9.59 Å². The molecule has 0 aromatic rings. The predicted molar refractivity (Wildman–Crippen MR) is 51.9 cm³/mol. The number of esters is 1. The maximum Gasteiger partial charge on any atom is 0.316 e. The molecule has 0 bridgehead atoms. The second kappa shape index (κ2) is 7.50. The van der Waals surface area contributed by atoms with Crippen molar-refractivity contribution in [3.05, 3.63) is 0 Å². The molecule has 14 heavy (non-hydrogen) atoms. The Morgan fingerprint density at radius 2 is 1.86 bits per heavy atom. The Kier molecular flexibility index (Phi) is 7.02. The molecule has 4 nitrogen and oxygen atoms in total. The Hall–Kier alpha value is -0.900. The zero-order valence-corrected chi connectivity index (χ0v) is 9.04. The molecule has 0 heterocycles. The summed E-state index contributed by atoms with van der Waals surface area (Å²) in [6, 6.07) is 0. The Labute approximate surface area is 84.6 Å². The van der Waals surface area contributed by atoms with Crippen LogP contribution in [0, 0.1) is 5.92 Å². The van der Waals surface area contributed by atoms with Gasteiger partial charge >= 0.3 is 5.97 Å². The standard InChI is InChI=1S/C10H18O4/c1-4-13-7-6-9(8(3)11)10(12)14-5-2/h9H,4-7H2,1-3H3. The maximum absolute atomic E-state index is 11.3. The number of Topliss-reactive ketones (excluding diaryl/α,β-unsaturated/α-hetero) is 1. The normalized spacial score (nSPS) is 12.2. The summed E-state index contributed by atoms with van der Waals surface area (Å²) < 4.78 is 9.86. The Morgan fingerprint density at radius 1 is 1.21 bits per heavy atom. The minimum Gasteiger partial charge on any atom is -0.465 e. The fourth-order valence-electron chi connectivity index (χ4n) is 1.08. The Morgan fingerprint density at radius 3 is 2.29 bits per heavy atom. The number of carbonyl (C=O) groups is 2. The number of rotatable bonds is 7. The van der Waals surface area contributed by atoms with Gasteiger partial charge in [-0.05, 0) is 27.2 Å². The van der Waals surface area contributed by atoms with Crippen molar-refractivity contribution in [2.75, 3.05) is 19.8 Å². The molecule has 0 aromatic carbocycles. The SMILES string of the molecule is CCOCCC(C(C)=O)C(=O)OCC. The fourth-order valence-corrected chi connectivity index (χ4v) is 1.08. The van der Waals surface area contributed by atoms with E-state index < -0.39 is 11.9 Å². The van der Waals surface area contributed by atoms with Gasteiger partial charge in [-0.25, -0.2) is 0 Å². The molecule has 0 amide bonds. The second-order valence-electron chi connectivity index (χ2n) is 2.90. The van der Waals surface area contributed by atoms with Crippen LogP contribution in [0.2, 0.25) is 0 Å². The number of ketones is 1. The van der Waals surface area contributed by atoms with Gasteiger partial charge in [0.15, 0.2) is 0 Å². The quantitative estimate of drug-likeness (QED) is 0.353. The van der Waals surface area contributed by atoms with Crippen LogP contribution in [-0.4, -0.2) is 31.6 Å². The molecule has 0 radical (unpaired) electrons. The van der Waals surface area contributed by atoms with Gasteiger partial charge in [-0.3, -0.25) is 9.59 Å². The molecular weight excluding hydrogens is 184 g/mol. The molecule has 0 saturated heterocycles. The first-order valence-electron chi connectivity index (χ1n) is 4.88. The van der Waals surface area contributed by atoms with Crippen LogP contribution < -0.4 is 0 Å². The van der Waals surface area contributed by atoms with E-state index in [0.717, 1.165) is 0 Å². The van der Waals surface area contributed by atoms with Crippen LogP contribution in [0.5, 0.6) is 0 Å². The first kappa shape index (κ1) is 13.1. The van der Waals surface area contributed by atoms with E-state index in [1.165, 1.54) is 6.92 Å². The molecular formula is C10H18O4. The number of ether oxygens (including phenoxy) is 2. The third-order valence-corrected chi connectivity index (χ3v) is 1.82. The highest BCUT2D eigenvalue weighted by Crippen LogP contribution is 2.07. The van der Waals surface area contributed by atoms with Gasteiger partial charge in [0.2, 0.25) is 0 Å². The van der Waals surface area contributed by atoms with Crippen LogP contribution in [0.25, 0.3) is 0 Å².